The van der Waals surface area contributed by atoms with Gasteiger partial charge >= 0.3 is 0 Å². The van der Waals surface area contributed by atoms with Crippen LogP contribution in [0.3, 0.4) is 0 Å². The van der Waals surface area contributed by atoms with Gasteiger partial charge in [-0.1, -0.05) is 0 Å². The zero-order chi connectivity index (χ0) is 13.5. The summed E-state index contributed by atoms with van der Waals surface area (Å²) >= 11 is 5.91. The molecule has 0 fully saturated rings. The second-order valence-electron chi connectivity index (χ2n) is 3.84. The van der Waals surface area contributed by atoms with Crippen LogP contribution in [-0.4, -0.2) is 26.7 Å². The van der Waals surface area contributed by atoms with Crippen molar-refractivity contribution in [1.82, 2.24) is 5.32 Å². The topological polar surface area (TPSA) is 47.6 Å². The van der Waals surface area contributed by atoms with Crippen molar-refractivity contribution in [2.24, 2.45) is 0 Å². The summed E-state index contributed by atoms with van der Waals surface area (Å²) in [5, 5.41) is 2.76. The second kappa shape index (κ2) is 7.11. The fourth-order valence-electron chi connectivity index (χ4n) is 1.69. The summed E-state index contributed by atoms with van der Waals surface area (Å²) in [6, 6.07) is 3.77. The Morgan fingerprint density at radius 1 is 1.22 bits per heavy atom. The van der Waals surface area contributed by atoms with Crippen LogP contribution in [0.2, 0.25) is 0 Å². The van der Waals surface area contributed by atoms with Gasteiger partial charge in [0.1, 0.15) is 0 Å². The van der Waals surface area contributed by atoms with E-state index in [1.165, 1.54) is 6.92 Å². The number of rotatable bonds is 6. The minimum Gasteiger partial charge on any atom is -0.493 e. The van der Waals surface area contributed by atoms with Crippen LogP contribution >= 0.6 is 11.6 Å². The largest absolute Gasteiger partial charge is 0.493 e. The van der Waals surface area contributed by atoms with E-state index in [1.807, 2.05) is 12.1 Å². The molecule has 1 rings (SSSR count). The predicted octanol–water partition coefficient (Wildman–Crippen LogP) is 2.12. The van der Waals surface area contributed by atoms with Crippen molar-refractivity contribution in [3.63, 3.8) is 0 Å². The molecule has 0 spiro atoms. The average Bonchev–Trinajstić information content (AvgIpc) is 2.37. The minimum absolute atomic E-state index is 0.0390. The van der Waals surface area contributed by atoms with Gasteiger partial charge in [-0.3, -0.25) is 4.79 Å². The Kier molecular flexibility index (Phi) is 5.78. The number of amides is 1. The Balaban J connectivity index is 2.91. The molecule has 1 aromatic rings. The van der Waals surface area contributed by atoms with Crippen molar-refractivity contribution in [3.8, 4) is 11.5 Å². The molecule has 0 radical (unpaired) electrons. The van der Waals surface area contributed by atoms with Crippen LogP contribution in [-0.2, 0) is 17.1 Å². The summed E-state index contributed by atoms with van der Waals surface area (Å²) in [5.74, 6) is 1.69. The Bertz CT molecular complexity index is 421. The van der Waals surface area contributed by atoms with E-state index in [0.717, 1.165) is 11.1 Å². The van der Waals surface area contributed by atoms with Crippen molar-refractivity contribution in [3.05, 3.63) is 23.3 Å². The van der Waals surface area contributed by atoms with Gasteiger partial charge < -0.3 is 14.8 Å². The van der Waals surface area contributed by atoms with Gasteiger partial charge in [-0.05, 0) is 29.7 Å². The third kappa shape index (κ3) is 3.81. The number of nitrogens with one attached hydrogen (secondary N) is 1. The number of halogens is 1. The summed E-state index contributed by atoms with van der Waals surface area (Å²) in [6.07, 6.45) is 0.710. The van der Waals surface area contributed by atoms with E-state index in [4.69, 9.17) is 21.1 Å². The van der Waals surface area contributed by atoms with E-state index >= 15 is 0 Å². The average molecular weight is 272 g/mol. The van der Waals surface area contributed by atoms with Gasteiger partial charge in [-0.2, -0.15) is 0 Å². The van der Waals surface area contributed by atoms with Crippen LogP contribution in [0.1, 0.15) is 18.1 Å². The maximum Gasteiger partial charge on any atom is 0.216 e. The Morgan fingerprint density at radius 2 is 1.78 bits per heavy atom. The molecule has 0 aliphatic carbocycles. The molecule has 0 aliphatic rings. The van der Waals surface area contributed by atoms with Gasteiger partial charge in [0.25, 0.3) is 0 Å². The summed E-state index contributed by atoms with van der Waals surface area (Å²) in [7, 11) is 3.18. The van der Waals surface area contributed by atoms with E-state index in [-0.39, 0.29) is 5.91 Å². The van der Waals surface area contributed by atoms with Gasteiger partial charge in [0, 0.05) is 19.3 Å². The maximum absolute atomic E-state index is 10.8. The first kappa shape index (κ1) is 14.6. The molecule has 5 heteroatoms. The fourth-order valence-corrected chi connectivity index (χ4v) is 1.94. The number of methoxy groups -OCH3 is 2. The molecule has 0 aliphatic heterocycles. The smallest absolute Gasteiger partial charge is 0.216 e. The predicted molar refractivity (Wildman–Crippen MR) is 71.5 cm³/mol. The molecule has 0 heterocycles. The zero-order valence-electron chi connectivity index (χ0n) is 10.9. The standard InChI is InChI=1S/C13H18ClNO3/c1-9(16)15-5-4-10-6-12(17-2)13(18-3)7-11(10)8-14/h6-7H,4-5,8H2,1-3H3,(H,15,16). The van der Waals surface area contributed by atoms with Gasteiger partial charge in [0.2, 0.25) is 5.91 Å². The molecule has 0 saturated heterocycles. The fraction of sp³-hybridized carbons (Fsp3) is 0.462. The quantitative estimate of drug-likeness (QED) is 0.807. The van der Waals surface area contributed by atoms with Crippen LogP contribution in [0.5, 0.6) is 11.5 Å². The van der Waals surface area contributed by atoms with Crippen LogP contribution in [0, 0.1) is 0 Å². The SMILES string of the molecule is COc1cc(CCl)c(CCNC(C)=O)cc1OC. The van der Waals surface area contributed by atoms with E-state index in [1.54, 1.807) is 14.2 Å². The highest BCUT2D eigenvalue weighted by molar-refractivity contribution is 6.17. The number of carbonyl (C=O) groups excluding carboxylic acids is 1. The molecule has 1 amide bonds. The Morgan fingerprint density at radius 3 is 2.22 bits per heavy atom. The lowest BCUT2D eigenvalue weighted by atomic mass is 10.0. The van der Waals surface area contributed by atoms with Crippen LogP contribution in [0.15, 0.2) is 12.1 Å². The van der Waals surface area contributed by atoms with Crippen molar-refractivity contribution in [1.29, 1.82) is 0 Å². The molecule has 4 nitrogen and oxygen atoms in total. The first-order chi connectivity index (χ1) is 8.62. The number of ether oxygens (including phenoxy) is 2. The monoisotopic (exact) mass is 271 g/mol. The number of benzene rings is 1. The summed E-state index contributed by atoms with van der Waals surface area (Å²) in [4.78, 5) is 10.8. The van der Waals surface area contributed by atoms with Crippen LogP contribution in [0.4, 0.5) is 0 Å². The zero-order valence-corrected chi connectivity index (χ0v) is 11.6. The van der Waals surface area contributed by atoms with Crippen molar-refractivity contribution in [2.75, 3.05) is 20.8 Å². The molecule has 0 saturated carbocycles. The normalized spacial score (nSPS) is 10.0. The summed E-state index contributed by atoms with van der Waals surface area (Å²) in [6.45, 7) is 2.08. The Labute approximate surface area is 112 Å². The number of hydrogen-bond acceptors (Lipinski definition) is 3. The molecule has 1 N–H and O–H groups in total. The maximum atomic E-state index is 10.8. The Hall–Kier alpha value is -1.42. The second-order valence-corrected chi connectivity index (χ2v) is 4.11. The number of carbonyl (C=O) groups is 1. The van der Waals surface area contributed by atoms with Gasteiger partial charge in [0.15, 0.2) is 11.5 Å². The van der Waals surface area contributed by atoms with Crippen molar-refractivity contribution in [2.45, 2.75) is 19.2 Å². The van der Waals surface area contributed by atoms with Gasteiger partial charge in [-0.15, -0.1) is 11.6 Å². The molecular formula is C13H18ClNO3. The number of alkyl halides is 1. The van der Waals surface area contributed by atoms with Gasteiger partial charge in [-0.25, -0.2) is 0 Å². The molecule has 0 aromatic heterocycles. The lowest BCUT2D eigenvalue weighted by Gasteiger charge is -2.13. The number of hydrogen-bond donors (Lipinski definition) is 1. The van der Waals surface area contributed by atoms with Crippen LogP contribution in [0.25, 0.3) is 0 Å². The minimum atomic E-state index is -0.0390. The van der Waals surface area contributed by atoms with Gasteiger partial charge in [0.05, 0.1) is 14.2 Å². The summed E-state index contributed by atoms with van der Waals surface area (Å²) < 4.78 is 10.5. The van der Waals surface area contributed by atoms with Crippen LogP contribution < -0.4 is 14.8 Å². The molecular weight excluding hydrogens is 254 g/mol. The van der Waals surface area contributed by atoms with E-state index < -0.39 is 0 Å². The summed E-state index contributed by atoms with van der Waals surface area (Å²) in [5.41, 5.74) is 2.04. The van der Waals surface area contributed by atoms with Crippen molar-refractivity contribution >= 4 is 17.5 Å². The van der Waals surface area contributed by atoms with E-state index in [2.05, 4.69) is 5.32 Å². The molecule has 100 valence electrons. The first-order valence-corrected chi connectivity index (χ1v) is 6.20. The highest BCUT2D eigenvalue weighted by atomic mass is 35.5. The molecule has 18 heavy (non-hydrogen) atoms. The lowest BCUT2D eigenvalue weighted by molar-refractivity contribution is -0.118. The first-order valence-electron chi connectivity index (χ1n) is 5.66. The lowest BCUT2D eigenvalue weighted by Crippen LogP contribution is -2.22. The molecule has 0 bridgehead atoms. The third-order valence-corrected chi connectivity index (χ3v) is 2.91. The molecule has 1 aromatic carbocycles. The highest BCUT2D eigenvalue weighted by Gasteiger charge is 2.10. The van der Waals surface area contributed by atoms with E-state index in [0.29, 0.717) is 30.3 Å². The van der Waals surface area contributed by atoms with E-state index in [9.17, 15) is 4.79 Å². The third-order valence-electron chi connectivity index (χ3n) is 2.62. The molecule has 0 unspecified atom stereocenters. The van der Waals surface area contributed by atoms with Crippen molar-refractivity contribution < 1.29 is 14.3 Å². The highest BCUT2D eigenvalue weighted by Crippen LogP contribution is 2.31. The molecule has 0 atom stereocenters.